The molecule has 1 N–H and O–H groups in total. The van der Waals surface area contributed by atoms with Gasteiger partial charge in [-0.25, -0.2) is 0 Å². The molecule has 0 unspecified atom stereocenters. The number of ether oxygens (including phenoxy) is 1. The molecule has 1 aromatic carbocycles. The Morgan fingerprint density at radius 3 is 2.71 bits per heavy atom. The number of phenolic OH excluding ortho intramolecular Hbond substituents is 1. The molecule has 1 aromatic rings. The first-order valence-corrected chi connectivity index (χ1v) is 6.46. The minimum atomic E-state index is 0.352. The average Bonchev–Trinajstić information content (AvgIpc) is 2.82. The summed E-state index contributed by atoms with van der Waals surface area (Å²) in [7, 11) is 0. The summed E-state index contributed by atoms with van der Waals surface area (Å²) in [6.07, 6.45) is 3.53. The molecular formula is C14H21NO2. The van der Waals surface area contributed by atoms with E-state index in [9.17, 15) is 5.11 Å². The third-order valence-electron chi connectivity index (χ3n) is 3.12. The van der Waals surface area contributed by atoms with Crippen LogP contribution in [0.15, 0.2) is 18.2 Å². The maximum Gasteiger partial charge on any atom is 0.123 e. The predicted octanol–water partition coefficient (Wildman–Crippen LogP) is 2.78. The van der Waals surface area contributed by atoms with Crippen molar-refractivity contribution < 1.29 is 9.84 Å². The third kappa shape index (κ3) is 3.37. The van der Waals surface area contributed by atoms with Gasteiger partial charge in [0.05, 0.1) is 6.61 Å². The lowest BCUT2D eigenvalue weighted by atomic mass is 10.2. The zero-order chi connectivity index (χ0) is 12.1. The number of aromatic hydroxyl groups is 1. The van der Waals surface area contributed by atoms with Gasteiger partial charge in [-0.2, -0.15) is 0 Å². The highest BCUT2D eigenvalue weighted by molar-refractivity contribution is 5.39. The van der Waals surface area contributed by atoms with Crippen LogP contribution in [0.3, 0.4) is 0 Å². The Labute approximate surface area is 103 Å². The van der Waals surface area contributed by atoms with E-state index in [1.807, 2.05) is 12.1 Å². The first-order chi connectivity index (χ1) is 8.29. The summed E-state index contributed by atoms with van der Waals surface area (Å²) in [6, 6.07) is 5.64. The van der Waals surface area contributed by atoms with Crippen molar-refractivity contribution in [2.75, 3.05) is 19.7 Å². The number of phenols is 1. The second kappa shape index (κ2) is 5.92. The largest absolute Gasteiger partial charge is 0.507 e. The lowest BCUT2D eigenvalue weighted by Crippen LogP contribution is -2.18. The molecule has 0 amide bonds. The SMILES string of the molecule is CCCOc1ccc(CN2CCCC2)c(O)c1. The summed E-state index contributed by atoms with van der Waals surface area (Å²) in [6.45, 7) is 5.91. The average molecular weight is 235 g/mol. The molecule has 1 aliphatic heterocycles. The lowest BCUT2D eigenvalue weighted by molar-refractivity contribution is 0.310. The highest BCUT2D eigenvalue weighted by Crippen LogP contribution is 2.26. The Kier molecular flexibility index (Phi) is 4.26. The highest BCUT2D eigenvalue weighted by Gasteiger charge is 2.13. The van der Waals surface area contributed by atoms with Crippen molar-refractivity contribution in [3.05, 3.63) is 23.8 Å². The van der Waals surface area contributed by atoms with Crippen LogP contribution in [0.1, 0.15) is 31.7 Å². The first-order valence-electron chi connectivity index (χ1n) is 6.46. The smallest absolute Gasteiger partial charge is 0.123 e. The van der Waals surface area contributed by atoms with Crippen molar-refractivity contribution >= 4 is 0 Å². The van der Waals surface area contributed by atoms with E-state index < -0.39 is 0 Å². The summed E-state index contributed by atoms with van der Waals surface area (Å²) >= 11 is 0. The van der Waals surface area contributed by atoms with Gasteiger partial charge < -0.3 is 9.84 Å². The summed E-state index contributed by atoms with van der Waals surface area (Å²) in [5, 5.41) is 9.94. The van der Waals surface area contributed by atoms with Gasteiger partial charge in [-0.05, 0) is 38.4 Å². The minimum absolute atomic E-state index is 0.352. The van der Waals surface area contributed by atoms with E-state index >= 15 is 0 Å². The van der Waals surface area contributed by atoms with Gasteiger partial charge >= 0.3 is 0 Å². The van der Waals surface area contributed by atoms with Crippen LogP contribution >= 0.6 is 0 Å². The topological polar surface area (TPSA) is 32.7 Å². The van der Waals surface area contributed by atoms with Crippen molar-refractivity contribution in [2.24, 2.45) is 0 Å². The fourth-order valence-corrected chi connectivity index (χ4v) is 2.17. The van der Waals surface area contributed by atoms with Crippen LogP contribution in [0.25, 0.3) is 0 Å². The molecule has 2 rings (SSSR count). The van der Waals surface area contributed by atoms with Gasteiger partial charge in [0, 0.05) is 18.2 Å². The molecule has 1 fully saturated rings. The third-order valence-corrected chi connectivity index (χ3v) is 3.12. The van der Waals surface area contributed by atoms with Crippen LogP contribution in [0.4, 0.5) is 0 Å². The fourth-order valence-electron chi connectivity index (χ4n) is 2.17. The van der Waals surface area contributed by atoms with E-state index in [1.54, 1.807) is 6.07 Å². The molecule has 1 aliphatic rings. The Hall–Kier alpha value is -1.22. The fraction of sp³-hybridized carbons (Fsp3) is 0.571. The Bertz CT molecular complexity index is 359. The Morgan fingerprint density at radius 1 is 1.29 bits per heavy atom. The number of hydrogen-bond donors (Lipinski definition) is 1. The van der Waals surface area contributed by atoms with Crippen LogP contribution < -0.4 is 4.74 Å². The van der Waals surface area contributed by atoms with Gasteiger partial charge in [0.25, 0.3) is 0 Å². The Morgan fingerprint density at radius 2 is 2.06 bits per heavy atom. The maximum atomic E-state index is 9.94. The Balaban J connectivity index is 1.98. The number of rotatable bonds is 5. The molecule has 3 heteroatoms. The molecule has 0 aliphatic carbocycles. The number of likely N-dealkylation sites (tertiary alicyclic amines) is 1. The van der Waals surface area contributed by atoms with Gasteiger partial charge in [-0.15, -0.1) is 0 Å². The van der Waals surface area contributed by atoms with E-state index in [4.69, 9.17) is 4.74 Å². The standard InChI is InChI=1S/C14H21NO2/c1-2-9-17-13-6-5-12(14(16)10-13)11-15-7-3-4-8-15/h5-6,10,16H,2-4,7-9,11H2,1H3. The van der Waals surface area contributed by atoms with Crippen molar-refractivity contribution in [1.29, 1.82) is 0 Å². The van der Waals surface area contributed by atoms with Crippen LogP contribution in [-0.4, -0.2) is 29.7 Å². The van der Waals surface area contributed by atoms with Crippen LogP contribution in [0.5, 0.6) is 11.5 Å². The quantitative estimate of drug-likeness (QED) is 0.851. The van der Waals surface area contributed by atoms with Crippen molar-refractivity contribution in [3.63, 3.8) is 0 Å². The predicted molar refractivity (Wildman–Crippen MR) is 68.4 cm³/mol. The molecular weight excluding hydrogens is 214 g/mol. The number of nitrogens with zero attached hydrogens (tertiary/aromatic N) is 1. The normalized spacial score (nSPS) is 16.3. The molecule has 1 heterocycles. The van der Waals surface area contributed by atoms with E-state index in [0.29, 0.717) is 12.4 Å². The zero-order valence-electron chi connectivity index (χ0n) is 10.5. The maximum absolute atomic E-state index is 9.94. The number of hydrogen-bond acceptors (Lipinski definition) is 3. The second-order valence-electron chi connectivity index (χ2n) is 4.62. The molecule has 0 atom stereocenters. The molecule has 0 radical (unpaired) electrons. The minimum Gasteiger partial charge on any atom is -0.507 e. The van der Waals surface area contributed by atoms with Gasteiger partial charge in [0.2, 0.25) is 0 Å². The highest BCUT2D eigenvalue weighted by atomic mass is 16.5. The van der Waals surface area contributed by atoms with E-state index in [-0.39, 0.29) is 0 Å². The van der Waals surface area contributed by atoms with Crippen molar-refractivity contribution in [2.45, 2.75) is 32.7 Å². The zero-order valence-corrected chi connectivity index (χ0v) is 10.5. The molecule has 0 spiro atoms. The molecule has 0 saturated carbocycles. The summed E-state index contributed by atoms with van der Waals surface area (Å²) in [5.41, 5.74) is 0.996. The summed E-state index contributed by atoms with van der Waals surface area (Å²) in [5.74, 6) is 1.11. The van der Waals surface area contributed by atoms with E-state index in [2.05, 4.69) is 11.8 Å². The van der Waals surface area contributed by atoms with Crippen molar-refractivity contribution in [3.8, 4) is 11.5 Å². The van der Waals surface area contributed by atoms with E-state index in [0.717, 1.165) is 37.4 Å². The van der Waals surface area contributed by atoms with Crippen LogP contribution in [0.2, 0.25) is 0 Å². The van der Waals surface area contributed by atoms with E-state index in [1.165, 1.54) is 12.8 Å². The molecule has 94 valence electrons. The monoisotopic (exact) mass is 235 g/mol. The molecule has 1 saturated heterocycles. The first kappa shape index (κ1) is 12.2. The van der Waals surface area contributed by atoms with Gasteiger partial charge in [-0.1, -0.05) is 13.0 Å². The van der Waals surface area contributed by atoms with Gasteiger partial charge in [0.15, 0.2) is 0 Å². The molecule has 0 aromatic heterocycles. The van der Waals surface area contributed by atoms with Gasteiger partial charge in [-0.3, -0.25) is 4.90 Å². The van der Waals surface area contributed by atoms with Crippen LogP contribution in [0, 0.1) is 0 Å². The molecule has 0 bridgehead atoms. The van der Waals surface area contributed by atoms with Crippen LogP contribution in [-0.2, 0) is 6.54 Å². The summed E-state index contributed by atoms with van der Waals surface area (Å²) in [4.78, 5) is 2.38. The second-order valence-corrected chi connectivity index (χ2v) is 4.62. The summed E-state index contributed by atoms with van der Waals surface area (Å²) < 4.78 is 5.49. The number of benzene rings is 1. The molecule has 17 heavy (non-hydrogen) atoms. The lowest BCUT2D eigenvalue weighted by Gasteiger charge is -2.16. The van der Waals surface area contributed by atoms with Gasteiger partial charge in [0.1, 0.15) is 11.5 Å². The molecule has 3 nitrogen and oxygen atoms in total. The van der Waals surface area contributed by atoms with Crippen molar-refractivity contribution in [1.82, 2.24) is 4.90 Å².